The SMILES string of the molecule is COc1cc(Nc2ncncc2Br)cc(OC)c1OC. The Hall–Kier alpha value is -2.02. The minimum absolute atomic E-state index is 0.544. The zero-order chi connectivity index (χ0) is 14.5. The second kappa shape index (κ2) is 6.42. The van der Waals surface area contributed by atoms with E-state index >= 15 is 0 Å². The second-order valence-corrected chi connectivity index (χ2v) is 4.61. The summed E-state index contributed by atoms with van der Waals surface area (Å²) in [6.07, 6.45) is 3.12. The molecule has 0 radical (unpaired) electrons. The molecular weight excluding hydrogens is 326 g/mol. The van der Waals surface area contributed by atoms with Gasteiger partial charge in [-0.1, -0.05) is 0 Å². The van der Waals surface area contributed by atoms with Crippen LogP contribution in [0.3, 0.4) is 0 Å². The molecule has 2 aromatic rings. The van der Waals surface area contributed by atoms with Crippen molar-refractivity contribution in [3.05, 3.63) is 29.1 Å². The van der Waals surface area contributed by atoms with Gasteiger partial charge in [0.15, 0.2) is 11.5 Å². The van der Waals surface area contributed by atoms with Gasteiger partial charge in [-0.15, -0.1) is 0 Å². The molecule has 2 rings (SSSR count). The first-order chi connectivity index (χ1) is 9.69. The molecule has 7 heteroatoms. The molecule has 0 atom stereocenters. The van der Waals surface area contributed by atoms with Crippen LogP contribution < -0.4 is 19.5 Å². The highest BCUT2D eigenvalue weighted by molar-refractivity contribution is 9.10. The number of nitrogens with one attached hydrogen (secondary N) is 1. The first-order valence-corrected chi connectivity index (χ1v) is 6.51. The van der Waals surface area contributed by atoms with Crippen molar-refractivity contribution in [1.82, 2.24) is 9.97 Å². The predicted molar refractivity (Wildman–Crippen MR) is 79.1 cm³/mol. The molecule has 0 saturated heterocycles. The lowest BCUT2D eigenvalue weighted by atomic mass is 10.2. The van der Waals surface area contributed by atoms with E-state index in [9.17, 15) is 0 Å². The Bertz CT molecular complexity index is 582. The Morgan fingerprint density at radius 2 is 1.70 bits per heavy atom. The Labute approximate surface area is 125 Å². The molecule has 1 aromatic carbocycles. The van der Waals surface area contributed by atoms with E-state index in [1.54, 1.807) is 39.7 Å². The maximum atomic E-state index is 5.30. The number of anilines is 2. The number of rotatable bonds is 5. The predicted octanol–water partition coefficient (Wildman–Crippen LogP) is 3.01. The molecule has 0 aliphatic heterocycles. The van der Waals surface area contributed by atoms with Crippen molar-refractivity contribution in [3.8, 4) is 17.2 Å². The molecular formula is C13H14BrN3O3. The minimum atomic E-state index is 0.544. The van der Waals surface area contributed by atoms with Crippen molar-refractivity contribution in [2.75, 3.05) is 26.6 Å². The number of aromatic nitrogens is 2. The number of ether oxygens (including phenoxy) is 3. The molecule has 1 aromatic heterocycles. The highest BCUT2D eigenvalue weighted by Crippen LogP contribution is 2.40. The van der Waals surface area contributed by atoms with Crippen LogP contribution in [-0.4, -0.2) is 31.3 Å². The molecule has 1 N–H and O–H groups in total. The summed E-state index contributed by atoms with van der Waals surface area (Å²) in [6.45, 7) is 0. The van der Waals surface area contributed by atoms with Crippen LogP contribution in [0, 0.1) is 0 Å². The standard InChI is InChI=1S/C13H14BrN3O3/c1-18-10-4-8(5-11(19-2)12(10)20-3)17-13-9(14)6-15-7-16-13/h4-7H,1-3H3,(H,15,16,17). The van der Waals surface area contributed by atoms with Crippen LogP contribution in [0.4, 0.5) is 11.5 Å². The van der Waals surface area contributed by atoms with Gasteiger partial charge in [0.05, 0.1) is 25.8 Å². The number of hydrogen-bond donors (Lipinski definition) is 1. The van der Waals surface area contributed by atoms with Crippen LogP contribution >= 0.6 is 15.9 Å². The maximum absolute atomic E-state index is 5.30. The molecule has 0 bridgehead atoms. The van der Waals surface area contributed by atoms with Crippen LogP contribution in [0.2, 0.25) is 0 Å². The first-order valence-electron chi connectivity index (χ1n) is 5.72. The lowest BCUT2D eigenvalue weighted by Crippen LogP contribution is -1.99. The average molecular weight is 340 g/mol. The number of hydrogen-bond acceptors (Lipinski definition) is 6. The topological polar surface area (TPSA) is 65.5 Å². The molecule has 6 nitrogen and oxygen atoms in total. The van der Waals surface area contributed by atoms with Crippen molar-refractivity contribution in [3.63, 3.8) is 0 Å². The molecule has 0 amide bonds. The van der Waals surface area contributed by atoms with Crippen LogP contribution in [0.15, 0.2) is 29.1 Å². The van der Waals surface area contributed by atoms with Gasteiger partial charge < -0.3 is 19.5 Å². The molecule has 0 aliphatic rings. The van der Waals surface area contributed by atoms with Gasteiger partial charge in [0.2, 0.25) is 5.75 Å². The van der Waals surface area contributed by atoms with E-state index in [1.807, 2.05) is 0 Å². The Balaban J connectivity index is 2.40. The Morgan fingerprint density at radius 3 is 2.20 bits per heavy atom. The van der Waals surface area contributed by atoms with E-state index in [4.69, 9.17) is 14.2 Å². The number of benzene rings is 1. The first kappa shape index (κ1) is 14.4. The van der Waals surface area contributed by atoms with Gasteiger partial charge in [0.25, 0.3) is 0 Å². The lowest BCUT2D eigenvalue weighted by molar-refractivity contribution is 0.324. The zero-order valence-electron chi connectivity index (χ0n) is 11.3. The van der Waals surface area contributed by atoms with E-state index in [-0.39, 0.29) is 0 Å². The third-order valence-corrected chi connectivity index (χ3v) is 3.18. The van der Waals surface area contributed by atoms with Crippen LogP contribution in [0.1, 0.15) is 0 Å². The fourth-order valence-corrected chi connectivity index (χ4v) is 2.01. The van der Waals surface area contributed by atoms with Crippen LogP contribution in [0.5, 0.6) is 17.2 Å². The highest BCUT2D eigenvalue weighted by atomic mass is 79.9. The zero-order valence-corrected chi connectivity index (χ0v) is 12.9. The number of nitrogens with zero attached hydrogens (tertiary/aromatic N) is 2. The maximum Gasteiger partial charge on any atom is 0.203 e. The monoisotopic (exact) mass is 339 g/mol. The summed E-state index contributed by atoms with van der Waals surface area (Å²) in [5.41, 5.74) is 0.763. The summed E-state index contributed by atoms with van der Waals surface area (Å²) in [5, 5.41) is 3.16. The molecule has 0 aliphatic carbocycles. The normalized spacial score (nSPS) is 10.0. The van der Waals surface area contributed by atoms with Gasteiger partial charge in [0, 0.05) is 24.0 Å². The van der Waals surface area contributed by atoms with Crippen LogP contribution in [0.25, 0.3) is 0 Å². The van der Waals surface area contributed by atoms with Crippen molar-refractivity contribution >= 4 is 27.4 Å². The minimum Gasteiger partial charge on any atom is -0.493 e. The van der Waals surface area contributed by atoms with Gasteiger partial charge >= 0.3 is 0 Å². The summed E-state index contributed by atoms with van der Waals surface area (Å²) >= 11 is 3.38. The summed E-state index contributed by atoms with van der Waals surface area (Å²) < 4.78 is 16.6. The van der Waals surface area contributed by atoms with Gasteiger partial charge in [-0.3, -0.25) is 0 Å². The highest BCUT2D eigenvalue weighted by Gasteiger charge is 2.14. The Morgan fingerprint density at radius 1 is 1.05 bits per heavy atom. The Kier molecular flexibility index (Phi) is 4.62. The average Bonchev–Trinajstić information content (AvgIpc) is 2.48. The van der Waals surface area contributed by atoms with E-state index in [0.29, 0.717) is 23.1 Å². The number of halogens is 1. The molecule has 20 heavy (non-hydrogen) atoms. The molecule has 0 saturated carbocycles. The van der Waals surface area contributed by atoms with Crippen LogP contribution in [-0.2, 0) is 0 Å². The fraction of sp³-hybridized carbons (Fsp3) is 0.231. The van der Waals surface area contributed by atoms with Crippen molar-refractivity contribution in [1.29, 1.82) is 0 Å². The van der Waals surface area contributed by atoms with Crippen molar-refractivity contribution in [2.45, 2.75) is 0 Å². The third-order valence-electron chi connectivity index (χ3n) is 2.60. The second-order valence-electron chi connectivity index (χ2n) is 3.76. The van der Waals surface area contributed by atoms with Crippen molar-refractivity contribution < 1.29 is 14.2 Å². The molecule has 0 fully saturated rings. The summed E-state index contributed by atoms with van der Waals surface area (Å²) in [6, 6.07) is 3.60. The van der Waals surface area contributed by atoms with Gasteiger partial charge in [-0.2, -0.15) is 0 Å². The number of methoxy groups -OCH3 is 3. The molecule has 0 unspecified atom stereocenters. The van der Waals surface area contributed by atoms with Gasteiger partial charge in [-0.05, 0) is 15.9 Å². The molecule has 0 spiro atoms. The summed E-state index contributed by atoms with van der Waals surface area (Å²) in [5.74, 6) is 2.33. The van der Waals surface area contributed by atoms with E-state index in [1.165, 1.54) is 6.33 Å². The van der Waals surface area contributed by atoms with E-state index in [0.717, 1.165) is 10.2 Å². The summed E-state index contributed by atoms with van der Waals surface area (Å²) in [7, 11) is 4.71. The summed E-state index contributed by atoms with van der Waals surface area (Å²) in [4.78, 5) is 8.06. The smallest absolute Gasteiger partial charge is 0.203 e. The van der Waals surface area contributed by atoms with Gasteiger partial charge in [0.1, 0.15) is 12.1 Å². The van der Waals surface area contributed by atoms with E-state index < -0.39 is 0 Å². The third kappa shape index (κ3) is 2.93. The van der Waals surface area contributed by atoms with Crippen molar-refractivity contribution in [2.24, 2.45) is 0 Å². The van der Waals surface area contributed by atoms with Gasteiger partial charge in [-0.25, -0.2) is 9.97 Å². The quantitative estimate of drug-likeness (QED) is 0.903. The van der Waals surface area contributed by atoms with E-state index in [2.05, 4.69) is 31.2 Å². The fourth-order valence-electron chi connectivity index (χ4n) is 1.69. The molecule has 106 valence electrons. The molecule has 1 heterocycles. The largest absolute Gasteiger partial charge is 0.493 e. The lowest BCUT2D eigenvalue weighted by Gasteiger charge is -2.15.